The number of ether oxygens (including phenoxy) is 1. The summed E-state index contributed by atoms with van der Waals surface area (Å²) in [4.78, 5) is 0. The van der Waals surface area contributed by atoms with E-state index in [9.17, 15) is 0 Å². The van der Waals surface area contributed by atoms with Crippen molar-refractivity contribution in [2.24, 2.45) is 0 Å². The van der Waals surface area contributed by atoms with Gasteiger partial charge in [-0.15, -0.1) is 0 Å². The van der Waals surface area contributed by atoms with Gasteiger partial charge in [0.05, 0.1) is 6.04 Å². The standard InChI is InChI=1S/C20H23NO/c1-15-8-2-4-10-17(15)21-18-14-20(12-6-7-13-20)22-19-11-5-3-9-16(18)19/h2-5,8-11,18,21H,6-7,12-14H2,1H3. The number of nitrogens with one attached hydrogen (secondary N) is 1. The molecular weight excluding hydrogens is 270 g/mol. The van der Waals surface area contributed by atoms with Crippen LogP contribution >= 0.6 is 0 Å². The summed E-state index contributed by atoms with van der Waals surface area (Å²) in [5.41, 5.74) is 3.88. The quantitative estimate of drug-likeness (QED) is 0.817. The van der Waals surface area contributed by atoms with Crippen molar-refractivity contribution >= 4 is 5.69 Å². The molecule has 0 saturated heterocycles. The van der Waals surface area contributed by atoms with Gasteiger partial charge in [0.2, 0.25) is 0 Å². The molecule has 1 atom stereocenters. The maximum Gasteiger partial charge on any atom is 0.125 e. The predicted octanol–water partition coefficient (Wildman–Crippen LogP) is 5.24. The summed E-state index contributed by atoms with van der Waals surface area (Å²) < 4.78 is 6.44. The Hall–Kier alpha value is -1.96. The Kier molecular flexibility index (Phi) is 3.33. The fraction of sp³-hybridized carbons (Fsp3) is 0.400. The summed E-state index contributed by atoms with van der Waals surface area (Å²) in [6, 6.07) is 17.4. The van der Waals surface area contributed by atoms with Crippen LogP contribution in [0.3, 0.4) is 0 Å². The minimum Gasteiger partial charge on any atom is -0.487 e. The number of rotatable bonds is 2. The van der Waals surface area contributed by atoms with Gasteiger partial charge in [-0.25, -0.2) is 0 Å². The average Bonchev–Trinajstić information content (AvgIpc) is 2.97. The van der Waals surface area contributed by atoms with Crippen LogP contribution in [0.25, 0.3) is 0 Å². The Morgan fingerprint density at radius 2 is 1.73 bits per heavy atom. The summed E-state index contributed by atoms with van der Waals surface area (Å²) in [6.07, 6.45) is 6.03. The van der Waals surface area contributed by atoms with Crippen LogP contribution in [0.4, 0.5) is 5.69 Å². The zero-order valence-electron chi connectivity index (χ0n) is 13.1. The van der Waals surface area contributed by atoms with Crippen LogP contribution in [0.15, 0.2) is 48.5 Å². The van der Waals surface area contributed by atoms with Gasteiger partial charge in [0.15, 0.2) is 0 Å². The maximum absolute atomic E-state index is 6.44. The van der Waals surface area contributed by atoms with Gasteiger partial charge in [-0.05, 0) is 50.3 Å². The Balaban J connectivity index is 1.69. The third-order valence-electron chi connectivity index (χ3n) is 5.19. The molecule has 1 fully saturated rings. The molecule has 4 rings (SSSR count). The zero-order valence-corrected chi connectivity index (χ0v) is 13.1. The van der Waals surface area contributed by atoms with Gasteiger partial charge in [0, 0.05) is 17.7 Å². The van der Waals surface area contributed by atoms with Crippen LogP contribution in [0.1, 0.15) is 49.3 Å². The Bertz CT molecular complexity index is 673. The number of aryl methyl sites for hydroxylation is 1. The van der Waals surface area contributed by atoms with Crippen molar-refractivity contribution in [1.29, 1.82) is 0 Å². The highest BCUT2D eigenvalue weighted by atomic mass is 16.5. The molecule has 1 aliphatic carbocycles. The Morgan fingerprint density at radius 1 is 1.00 bits per heavy atom. The lowest BCUT2D eigenvalue weighted by Crippen LogP contribution is -2.40. The molecular formula is C20H23NO. The highest BCUT2D eigenvalue weighted by Crippen LogP contribution is 2.48. The molecule has 1 heterocycles. The number of hydrogen-bond donors (Lipinski definition) is 1. The molecule has 0 aromatic heterocycles. The van der Waals surface area contributed by atoms with Gasteiger partial charge in [0.1, 0.15) is 11.4 Å². The average molecular weight is 293 g/mol. The fourth-order valence-corrected chi connectivity index (χ4v) is 4.00. The van der Waals surface area contributed by atoms with Crippen molar-refractivity contribution in [2.75, 3.05) is 5.32 Å². The SMILES string of the molecule is Cc1ccccc1NC1CC2(CCCC2)Oc2ccccc21. The highest BCUT2D eigenvalue weighted by molar-refractivity contribution is 5.54. The molecule has 0 bridgehead atoms. The first kappa shape index (κ1) is 13.7. The first-order valence-electron chi connectivity index (χ1n) is 8.36. The van der Waals surface area contributed by atoms with E-state index in [1.165, 1.54) is 42.5 Å². The minimum absolute atomic E-state index is 0.0503. The number of fused-ring (bicyclic) bond motifs is 1. The number of para-hydroxylation sites is 2. The van der Waals surface area contributed by atoms with Crippen molar-refractivity contribution in [3.63, 3.8) is 0 Å². The molecule has 1 spiro atoms. The molecule has 114 valence electrons. The molecule has 1 saturated carbocycles. The van der Waals surface area contributed by atoms with Gasteiger partial charge < -0.3 is 10.1 Å². The Morgan fingerprint density at radius 3 is 2.55 bits per heavy atom. The van der Waals surface area contributed by atoms with Crippen molar-refractivity contribution < 1.29 is 4.74 Å². The van der Waals surface area contributed by atoms with Crippen LogP contribution in [0, 0.1) is 6.92 Å². The fourth-order valence-electron chi connectivity index (χ4n) is 4.00. The third-order valence-corrected chi connectivity index (χ3v) is 5.19. The number of anilines is 1. The van der Waals surface area contributed by atoms with Gasteiger partial charge >= 0.3 is 0 Å². The molecule has 2 nitrogen and oxygen atoms in total. The second-order valence-electron chi connectivity index (χ2n) is 6.75. The van der Waals surface area contributed by atoms with Gasteiger partial charge in [-0.2, -0.15) is 0 Å². The third kappa shape index (κ3) is 2.37. The van der Waals surface area contributed by atoms with Gasteiger partial charge in [-0.3, -0.25) is 0 Å². The minimum atomic E-state index is 0.0503. The summed E-state index contributed by atoms with van der Waals surface area (Å²) in [5, 5.41) is 3.78. The van der Waals surface area contributed by atoms with E-state index in [1.807, 2.05) is 0 Å². The van der Waals surface area contributed by atoms with Crippen LogP contribution in [-0.2, 0) is 0 Å². The highest BCUT2D eigenvalue weighted by Gasteiger charge is 2.43. The molecule has 0 radical (unpaired) electrons. The van der Waals surface area contributed by atoms with Crippen LogP contribution in [0.5, 0.6) is 5.75 Å². The van der Waals surface area contributed by atoms with E-state index in [-0.39, 0.29) is 5.60 Å². The summed E-state index contributed by atoms with van der Waals surface area (Å²) >= 11 is 0. The largest absolute Gasteiger partial charge is 0.487 e. The molecule has 2 aromatic rings. The second-order valence-corrected chi connectivity index (χ2v) is 6.75. The molecule has 22 heavy (non-hydrogen) atoms. The number of hydrogen-bond acceptors (Lipinski definition) is 2. The predicted molar refractivity (Wildman–Crippen MR) is 90.4 cm³/mol. The zero-order chi connectivity index (χ0) is 15.0. The van der Waals surface area contributed by atoms with E-state index in [1.54, 1.807) is 0 Å². The normalized spacial score (nSPS) is 22.1. The smallest absolute Gasteiger partial charge is 0.125 e. The monoisotopic (exact) mass is 293 g/mol. The maximum atomic E-state index is 6.44. The second kappa shape index (κ2) is 5.35. The lowest BCUT2D eigenvalue weighted by molar-refractivity contribution is 0.0453. The van der Waals surface area contributed by atoms with E-state index < -0.39 is 0 Å². The summed E-state index contributed by atoms with van der Waals surface area (Å²) in [5.74, 6) is 1.07. The van der Waals surface area contributed by atoms with Crippen LogP contribution < -0.4 is 10.1 Å². The van der Waals surface area contributed by atoms with E-state index in [4.69, 9.17) is 4.74 Å². The summed E-state index contributed by atoms with van der Waals surface area (Å²) in [7, 11) is 0. The first-order valence-corrected chi connectivity index (χ1v) is 8.36. The van der Waals surface area contributed by atoms with Crippen LogP contribution in [-0.4, -0.2) is 5.60 Å². The van der Waals surface area contributed by atoms with Crippen molar-refractivity contribution in [1.82, 2.24) is 0 Å². The molecule has 1 unspecified atom stereocenters. The van der Waals surface area contributed by atoms with E-state index in [0.717, 1.165) is 12.2 Å². The van der Waals surface area contributed by atoms with Crippen molar-refractivity contribution in [3.05, 3.63) is 59.7 Å². The lowest BCUT2D eigenvalue weighted by atomic mass is 9.85. The van der Waals surface area contributed by atoms with Crippen molar-refractivity contribution in [3.8, 4) is 5.75 Å². The molecule has 1 aliphatic heterocycles. The van der Waals surface area contributed by atoms with Gasteiger partial charge in [0.25, 0.3) is 0 Å². The van der Waals surface area contributed by atoms with Gasteiger partial charge in [-0.1, -0.05) is 36.4 Å². The lowest BCUT2D eigenvalue weighted by Gasteiger charge is -2.40. The van der Waals surface area contributed by atoms with Crippen LogP contribution in [0.2, 0.25) is 0 Å². The van der Waals surface area contributed by atoms with Crippen molar-refractivity contribution in [2.45, 2.75) is 50.7 Å². The Labute approximate surface area is 132 Å². The number of benzene rings is 2. The molecule has 2 aliphatic rings. The molecule has 0 amide bonds. The molecule has 2 aromatic carbocycles. The van der Waals surface area contributed by atoms with E-state index in [2.05, 4.69) is 60.8 Å². The summed E-state index contributed by atoms with van der Waals surface area (Å²) in [6.45, 7) is 2.17. The first-order chi connectivity index (χ1) is 10.8. The topological polar surface area (TPSA) is 21.3 Å². The van der Waals surface area contributed by atoms with E-state index >= 15 is 0 Å². The van der Waals surface area contributed by atoms with E-state index in [0.29, 0.717) is 6.04 Å². The molecule has 2 heteroatoms. The molecule has 1 N–H and O–H groups in total.